The summed E-state index contributed by atoms with van der Waals surface area (Å²) >= 11 is 2.95. The van der Waals surface area contributed by atoms with Gasteiger partial charge in [0.05, 0.1) is 12.5 Å². The van der Waals surface area contributed by atoms with Gasteiger partial charge < -0.3 is 43.8 Å². The van der Waals surface area contributed by atoms with Crippen molar-refractivity contribution in [2.45, 2.75) is 118 Å². The third-order valence-corrected chi connectivity index (χ3v) is 9.83. The molecule has 0 aliphatic heterocycles. The summed E-state index contributed by atoms with van der Waals surface area (Å²) in [4.78, 5) is 67.7. The maximum absolute atomic E-state index is 14.7. The number of ether oxygens (including phenoxy) is 5. The van der Waals surface area contributed by atoms with Crippen LogP contribution in [0, 0.1) is 0 Å². The second-order valence-electron chi connectivity index (χ2n) is 16.5. The summed E-state index contributed by atoms with van der Waals surface area (Å²) in [6, 6.07) is 0.462. The number of methoxy groups -OCH3 is 1. The lowest BCUT2D eigenvalue weighted by Crippen LogP contribution is -2.45. The van der Waals surface area contributed by atoms with E-state index in [0.717, 1.165) is 11.1 Å². The molecule has 330 valence electrons. The zero-order chi connectivity index (χ0) is 45.1. The van der Waals surface area contributed by atoms with Gasteiger partial charge in [-0.1, -0.05) is 23.3 Å². The predicted molar refractivity (Wildman–Crippen MR) is 238 cm³/mol. The molecule has 0 aliphatic carbocycles. The topological polar surface area (TPSA) is 189 Å². The molecule has 0 aliphatic rings. The minimum atomic E-state index is -1.11. The van der Waals surface area contributed by atoms with E-state index in [-0.39, 0.29) is 70.4 Å². The van der Waals surface area contributed by atoms with Crippen LogP contribution in [0.3, 0.4) is 0 Å². The fourth-order valence-electron chi connectivity index (χ4n) is 5.83. The quantitative estimate of drug-likeness (QED) is 0.0505. The number of allylic oxidation sites excluding steroid dienone is 4. The highest BCUT2D eigenvalue weighted by Crippen LogP contribution is 2.42. The van der Waals surface area contributed by atoms with Crippen LogP contribution >= 0.6 is 23.5 Å². The summed E-state index contributed by atoms with van der Waals surface area (Å²) in [6.45, 7) is 17.7. The summed E-state index contributed by atoms with van der Waals surface area (Å²) in [5.41, 5.74) is -0.111. The van der Waals surface area contributed by atoms with Gasteiger partial charge in [-0.2, -0.15) is 23.5 Å². The van der Waals surface area contributed by atoms with Gasteiger partial charge in [0.25, 0.3) is 0 Å². The fraction of sp³-hybridized carbons (Fsp3) is 0.523. The largest absolute Gasteiger partial charge is 0.507 e. The molecule has 0 unspecified atom stereocenters. The number of carbonyl (C=O) groups excluding carboxylic acids is 4. The van der Waals surface area contributed by atoms with Crippen molar-refractivity contribution < 1.29 is 52.4 Å². The third kappa shape index (κ3) is 14.1. The molecule has 0 saturated carbocycles. The van der Waals surface area contributed by atoms with Crippen LogP contribution in [0.1, 0.15) is 93.2 Å². The van der Waals surface area contributed by atoms with Crippen molar-refractivity contribution in [1.29, 1.82) is 0 Å². The highest BCUT2D eigenvalue weighted by molar-refractivity contribution is 7.98. The van der Waals surface area contributed by atoms with Crippen LogP contribution in [0.5, 0.6) is 23.0 Å². The Balaban J connectivity index is 2.31. The monoisotopic (exact) mass is 872 g/mol. The summed E-state index contributed by atoms with van der Waals surface area (Å²) in [5.74, 6) is -1.19. The van der Waals surface area contributed by atoms with Gasteiger partial charge in [0, 0.05) is 23.3 Å². The Labute approximate surface area is 360 Å². The summed E-state index contributed by atoms with van der Waals surface area (Å²) < 4.78 is 34.8. The summed E-state index contributed by atoms with van der Waals surface area (Å²) in [7, 11) is 1.37. The molecule has 0 bridgehead atoms. The number of rotatable bonds is 17. The van der Waals surface area contributed by atoms with E-state index in [1.165, 1.54) is 42.8 Å². The molecule has 0 spiro atoms. The van der Waals surface area contributed by atoms with Crippen molar-refractivity contribution in [2.75, 3.05) is 31.1 Å². The van der Waals surface area contributed by atoms with Crippen LogP contribution < -0.4 is 30.3 Å². The molecule has 60 heavy (non-hydrogen) atoms. The van der Waals surface area contributed by atoms with E-state index in [1.54, 1.807) is 47.6 Å². The van der Waals surface area contributed by atoms with Crippen LogP contribution in [0.4, 0.5) is 9.59 Å². The van der Waals surface area contributed by atoms with Crippen molar-refractivity contribution in [1.82, 2.24) is 10.6 Å². The zero-order valence-electron chi connectivity index (χ0n) is 37.0. The first-order valence-corrected chi connectivity index (χ1v) is 22.3. The van der Waals surface area contributed by atoms with Gasteiger partial charge in [0.1, 0.15) is 51.3 Å². The maximum Gasteiger partial charge on any atom is 0.408 e. The van der Waals surface area contributed by atoms with E-state index in [2.05, 4.69) is 10.6 Å². The van der Waals surface area contributed by atoms with Gasteiger partial charge in [-0.3, -0.25) is 4.79 Å². The molecule has 2 amide bonds. The number of alkyl carbamates (subject to hydrolysis) is 2. The average molecular weight is 873 g/mol. The number of amides is 2. The van der Waals surface area contributed by atoms with Gasteiger partial charge in [0.15, 0.2) is 11.5 Å². The van der Waals surface area contributed by atoms with Crippen molar-refractivity contribution >= 4 is 69.6 Å². The molecule has 0 saturated heterocycles. The Morgan fingerprint density at radius 2 is 1.17 bits per heavy atom. The Morgan fingerprint density at radius 1 is 0.733 bits per heavy atom. The average Bonchev–Trinajstić information content (AvgIpc) is 3.11. The van der Waals surface area contributed by atoms with Gasteiger partial charge in [-0.05, 0) is 119 Å². The second-order valence-corrected chi connectivity index (χ2v) is 18.5. The molecule has 3 rings (SSSR count). The predicted octanol–water partition coefficient (Wildman–Crippen LogP) is 8.78. The molecule has 0 radical (unpaired) electrons. The number of hydrogen-bond donors (Lipinski definition) is 3. The van der Waals surface area contributed by atoms with Crippen molar-refractivity contribution in [2.24, 2.45) is 0 Å². The van der Waals surface area contributed by atoms with Crippen LogP contribution in [0.15, 0.2) is 44.6 Å². The second kappa shape index (κ2) is 21.6. The molecule has 16 heteroatoms. The number of thioether (sulfide) groups is 2. The number of phenols is 1. The van der Waals surface area contributed by atoms with Crippen LogP contribution in [0.2, 0.25) is 0 Å². The number of benzene rings is 2. The smallest absolute Gasteiger partial charge is 0.408 e. The van der Waals surface area contributed by atoms with E-state index in [1.807, 2.05) is 46.3 Å². The van der Waals surface area contributed by atoms with Crippen molar-refractivity contribution in [3.63, 3.8) is 0 Å². The molecule has 1 heterocycles. The number of fused-ring (bicyclic) bond motifs is 2. The SMILES string of the molecule is COc1c(OC(=O)[C@H](CCSC)NC(=O)OC(C)(C)C)cc2oc3cc(OC(=O)[C@H](CCSC)NC(=O)OC(C)(C)C)c(CC=C(C)C)c(O)c3c(=O)c2c1CC=C(C)C. The Morgan fingerprint density at radius 3 is 1.60 bits per heavy atom. The lowest BCUT2D eigenvalue weighted by molar-refractivity contribution is -0.137. The molecule has 3 aromatic rings. The van der Waals surface area contributed by atoms with Gasteiger partial charge >= 0.3 is 24.1 Å². The van der Waals surface area contributed by atoms with E-state index >= 15 is 0 Å². The molecule has 0 fully saturated rings. The molecule has 2 aromatic carbocycles. The van der Waals surface area contributed by atoms with E-state index in [0.29, 0.717) is 17.1 Å². The number of esters is 2. The minimum Gasteiger partial charge on any atom is -0.507 e. The summed E-state index contributed by atoms with van der Waals surface area (Å²) in [5, 5.41) is 17.0. The minimum absolute atomic E-state index is 0.0211. The van der Waals surface area contributed by atoms with Crippen LogP contribution in [-0.4, -0.2) is 83.6 Å². The van der Waals surface area contributed by atoms with Crippen molar-refractivity contribution in [3.8, 4) is 23.0 Å². The Hall–Kier alpha value is -4.83. The molecule has 1 aromatic heterocycles. The molecule has 2 atom stereocenters. The van der Waals surface area contributed by atoms with Gasteiger partial charge in [-0.15, -0.1) is 0 Å². The first-order valence-electron chi connectivity index (χ1n) is 19.5. The van der Waals surface area contributed by atoms with E-state index in [4.69, 9.17) is 28.1 Å². The van der Waals surface area contributed by atoms with Crippen molar-refractivity contribution in [3.05, 3.63) is 56.8 Å². The normalized spacial score (nSPS) is 12.6. The van der Waals surface area contributed by atoms with Gasteiger partial charge in [-0.25, -0.2) is 19.2 Å². The first kappa shape index (κ1) is 49.5. The Kier molecular flexibility index (Phi) is 17.8. The number of hydrogen-bond acceptors (Lipinski definition) is 14. The van der Waals surface area contributed by atoms with E-state index < -0.39 is 58.6 Å². The number of aromatic hydroxyl groups is 1. The molecule has 14 nitrogen and oxygen atoms in total. The van der Waals surface area contributed by atoms with Gasteiger partial charge in [0.2, 0.25) is 5.43 Å². The maximum atomic E-state index is 14.7. The molecular weight excluding hydrogens is 813 g/mol. The van der Waals surface area contributed by atoms with Crippen LogP contribution in [0.25, 0.3) is 21.9 Å². The zero-order valence-corrected chi connectivity index (χ0v) is 38.6. The highest BCUT2D eigenvalue weighted by Gasteiger charge is 2.31. The fourth-order valence-corrected chi connectivity index (χ4v) is 6.77. The standard InChI is InChI=1S/C44H60N2O12S2/c1-24(2)14-16-26-30(55-39(49)28(18-20-59-12)45-41(51)57-43(5,6)7)22-32-35(36(26)47)37(48)34-27(17-15-25(3)4)38(53-11)33(23-31(34)54-32)56-40(50)29(19-21-60-13)46-42(52)58-44(8,9)10/h14-15,22-23,28-29,47H,16-21H2,1-13H3,(H,45,51)(H,46,52)/t28-,29-/m0/s1. The van der Waals surface area contributed by atoms with Crippen LogP contribution in [-0.2, 0) is 31.9 Å². The summed E-state index contributed by atoms with van der Waals surface area (Å²) in [6.07, 6.45) is 6.46. The number of carbonyl (C=O) groups is 4. The van der Waals surface area contributed by atoms with E-state index in [9.17, 15) is 29.1 Å². The molecule has 3 N–H and O–H groups in total. The lowest BCUT2D eigenvalue weighted by Gasteiger charge is -2.23. The third-order valence-electron chi connectivity index (χ3n) is 8.54. The molecular formula is C44H60N2O12S2. The number of phenolic OH excluding ortho intramolecular Hbond substituents is 1. The lowest BCUT2D eigenvalue weighted by atomic mass is 9.98. The Bertz CT molecular complexity index is 2170. The first-order chi connectivity index (χ1) is 28.0. The number of nitrogens with one attached hydrogen (secondary N) is 2. The highest BCUT2D eigenvalue weighted by atomic mass is 32.2.